The average molecular weight is 869 g/mol. The van der Waals surface area contributed by atoms with Crippen molar-refractivity contribution in [1.82, 2.24) is 0 Å². The minimum absolute atomic E-state index is 0.0686. The molecule has 8 rings (SSSR count). The van der Waals surface area contributed by atoms with Gasteiger partial charge in [-0.3, -0.25) is 9.59 Å². The summed E-state index contributed by atoms with van der Waals surface area (Å²) in [5.41, 5.74) is -3.33. The highest BCUT2D eigenvalue weighted by Gasteiger charge is 2.85. The Hall–Kier alpha value is -1.54. The Kier molecular flexibility index (Phi) is 11.5. The minimum Gasteiger partial charge on any atom is -0.456 e. The van der Waals surface area contributed by atoms with E-state index in [0.717, 1.165) is 25.7 Å². The maximum Gasteiger partial charge on any atom is 0.303 e. The van der Waals surface area contributed by atoms with Crippen molar-refractivity contribution >= 4 is 11.9 Å². The summed E-state index contributed by atoms with van der Waals surface area (Å²) in [7, 11) is 0. The van der Waals surface area contributed by atoms with E-state index in [9.17, 15) is 45.3 Å². The lowest BCUT2D eigenvalue weighted by atomic mass is 9.41. The number of fused-ring (bicyclic) bond motifs is 2. The van der Waals surface area contributed by atoms with Crippen LogP contribution in [0.25, 0.3) is 0 Å². The molecule has 8 aliphatic rings. The zero-order valence-corrected chi connectivity index (χ0v) is 37.3. The Labute approximate surface area is 358 Å². The van der Waals surface area contributed by atoms with E-state index < -0.39 is 109 Å². The number of carbonyl (C=O) groups is 2. The lowest BCUT2D eigenvalue weighted by Crippen LogP contribution is -2.65. The van der Waals surface area contributed by atoms with Crippen LogP contribution in [0.4, 0.5) is 0 Å². The number of aliphatic hydroxyl groups excluding tert-OH is 6. The molecular formula is C45H72O16. The Morgan fingerprint density at radius 1 is 0.754 bits per heavy atom. The van der Waals surface area contributed by atoms with E-state index in [1.54, 1.807) is 0 Å². The molecule has 3 heterocycles. The number of carbonyl (C=O) groups excluding carboxylic acids is 2. The van der Waals surface area contributed by atoms with Crippen molar-refractivity contribution < 1.29 is 78.5 Å². The van der Waals surface area contributed by atoms with Gasteiger partial charge >= 0.3 is 11.9 Å². The molecule has 21 atom stereocenters. The maximum atomic E-state index is 12.3. The van der Waals surface area contributed by atoms with Gasteiger partial charge in [-0.15, -0.1) is 0 Å². The van der Waals surface area contributed by atoms with Gasteiger partial charge in [0.15, 0.2) is 24.8 Å². The molecule has 2 spiro atoms. The molecule has 5 aliphatic carbocycles. The Bertz CT molecular complexity index is 1680. The summed E-state index contributed by atoms with van der Waals surface area (Å²) in [5.74, 6) is -1.68. The number of hydrogen-bond donors (Lipinski definition) is 7. The van der Waals surface area contributed by atoms with Gasteiger partial charge in [-0.1, -0.05) is 27.7 Å². The third kappa shape index (κ3) is 6.89. The molecule has 3 saturated heterocycles. The summed E-state index contributed by atoms with van der Waals surface area (Å²) in [6.07, 6.45) is -8.21. The predicted molar refractivity (Wildman–Crippen MR) is 213 cm³/mol. The SMILES string of the molecule is CC(=O)O[C@@H]1[C@H](O)[C@H](O[C@H]2CC[C@]34C[C@]35CC[C@]3(C)[C@@H]([C@@]6(C)C[C@@H](C(C)(C)O)CO6)[C@@H](O)C[C@]3(C)[C@@H]5C[C@H](O[C@@H]3O[C@H](CO)[C@H](O)[C@H](O)[C@H]3O)[C@H]4C2(C)C)OC[C@H]1OC(C)=O. The van der Waals surface area contributed by atoms with Crippen LogP contribution in [0.3, 0.4) is 0 Å². The molecule has 8 fully saturated rings. The summed E-state index contributed by atoms with van der Waals surface area (Å²) in [6, 6.07) is 0. The first-order valence-corrected chi connectivity index (χ1v) is 22.6. The predicted octanol–water partition coefficient (Wildman–Crippen LogP) is 1.72. The van der Waals surface area contributed by atoms with Crippen molar-refractivity contribution in [2.75, 3.05) is 19.8 Å². The molecule has 0 aromatic carbocycles. The van der Waals surface area contributed by atoms with Crippen LogP contribution in [0.1, 0.15) is 114 Å². The molecule has 16 heteroatoms. The van der Waals surface area contributed by atoms with E-state index in [4.69, 9.17) is 33.2 Å². The van der Waals surface area contributed by atoms with Gasteiger partial charge in [0.05, 0.1) is 49.3 Å². The largest absolute Gasteiger partial charge is 0.456 e. The molecule has 7 N–H and O–H groups in total. The van der Waals surface area contributed by atoms with E-state index >= 15 is 0 Å². The van der Waals surface area contributed by atoms with E-state index in [1.165, 1.54) is 13.8 Å². The summed E-state index contributed by atoms with van der Waals surface area (Å²) >= 11 is 0. The lowest BCUT2D eigenvalue weighted by molar-refractivity contribution is -0.339. The highest BCUT2D eigenvalue weighted by atomic mass is 16.7. The van der Waals surface area contributed by atoms with Crippen LogP contribution < -0.4 is 0 Å². The number of hydrogen-bond acceptors (Lipinski definition) is 16. The summed E-state index contributed by atoms with van der Waals surface area (Å²) in [6.45, 7) is 16.7. The fourth-order valence-corrected chi connectivity index (χ4v) is 15.5. The first-order valence-electron chi connectivity index (χ1n) is 22.6. The summed E-state index contributed by atoms with van der Waals surface area (Å²) < 4.78 is 43.1. The van der Waals surface area contributed by atoms with E-state index in [2.05, 4.69) is 34.6 Å². The van der Waals surface area contributed by atoms with Crippen LogP contribution in [0, 0.1) is 50.7 Å². The van der Waals surface area contributed by atoms with Gasteiger partial charge in [0.25, 0.3) is 0 Å². The normalized spacial score (nSPS) is 53.8. The van der Waals surface area contributed by atoms with E-state index in [-0.39, 0.29) is 51.9 Å². The maximum absolute atomic E-state index is 12.3. The third-order valence-corrected chi connectivity index (χ3v) is 18.4. The monoisotopic (exact) mass is 868 g/mol. The molecule has 16 nitrogen and oxygen atoms in total. The Morgan fingerprint density at radius 2 is 1.44 bits per heavy atom. The number of aliphatic hydroxyl groups is 7. The van der Waals surface area contributed by atoms with Crippen molar-refractivity contribution in [2.45, 2.75) is 199 Å². The van der Waals surface area contributed by atoms with E-state index in [0.29, 0.717) is 32.3 Å². The highest BCUT2D eigenvalue weighted by molar-refractivity contribution is 5.67. The number of ether oxygens (including phenoxy) is 7. The standard InChI is InChI=1S/C45H72O16/c1-21(47)57-27-19-55-37(33(53)34(27)58-22(2)48)61-29-10-11-45-20-44(45)13-12-41(7)35(43(9)15-23(18-56-43)40(5,6)54)24(49)16-42(41,8)28(44)14-25(36(45)39(29,3)4)59-38-32(52)31(51)30(50)26(17-46)60-38/h23-38,46,49-54H,10-20H2,1-9H3/t23-,24+,25+,26-,27-,28+,29+,30+,31+,32-,33+,34+,35+,36+,37+,38-,41-,42-,43-,44+,45-/m1/s1. The van der Waals surface area contributed by atoms with Gasteiger partial charge < -0.3 is 68.9 Å². The van der Waals surface area contributed by atoms with Crippen LogP contribution in [-0.4, -0.2) is 152 Å². The molecule has 0 aromatic heterocycles. The second-order valence-electron chi connectivity index (χ2n) is 22.3. The molecule has 0 aromatic rings. The smallest absolute Gasteiger partial charge is 0.303 e. The van der Waals surface area contributed by atoms with Crippen LogP contribution in [-0.2, 0) is 42.7 Å². The zero-order chi connectivity index (χ0) is 44.6. The Balaban J connectivity index is 1.13. The van der Waals surface area contributed by atoms with Crippen molar-refractivity contribution in [1.29, 1.82) is 0 Å². The van der Waals surface area contributed by atoms with E-state index in [1.807, 2.05) is 13.8 Å². The number of esters is 2. The second kappa shape index (κ2) is 15.3. The quantitative estimate of drug-likeness (QED) is 0.129. The molecule has 348 valence electrons. The highest BCUT2D eigenvalue weighted by Crippen LogP contribution is 2.89. The molecule has 0 bridgehead atoms. The van der Waals surface area contributed by atoms with Gasteiger partial charge in [0, 0.05) is 25.7 Å². The average Bonchev–Trinajstić information content (AvgIpc) is 3.52. The molecule has 0 unspecified atom stereocenters. The van der Waals surface area contributed by atoms with Gasteiger partial charge in [-0.05, 0) is 111 Å². The second-order valence-corrected chi connectivity index (χ2v) is 22.3. The summed E-state index contributed by atoms with van der Waals surface area (Å²) in [4.78, 5) is 24.0. The van der Waals surface area contributed by atoms with Crippen molar-refractivity contribution in [3.63, 3.8) is 0 Å². The topological polar surface area (TPSA) is 240 Å². The minimum atomic E-state index is -1.63. The summed E-state index contributed by atoms with van der Waals surface area (Å²) in [5, 5.41) is 77.8. The first kappa shape index (κ1) is 46.0. The van der Waals surface area contributed by atoms with Crippen LogP contribution in [0.5, 0.6) is 0 Å². The van der Waals surface area contributed by atoms with Crippen LogP contribution in [0.15, 0.2) is 0 Å². The molecule has 61 heavy (non-hydrogen) atoms. The lowest BCUT2D eigenvalue weighted by Gasteiger charge is -2.65. The molecule has 5 saturated carbocycles. The molecule has 0 amide bonds. The van der Waals surface area contributed by atoms with Crippen molar-refractivity contribution in [3.8, 4) is 0 Å². The fraction of sp³-hybridized carbons (Fsp3) is 0.956. The first-order chi connectivity index (χ1) is 28.3. The van der Waals surface area contributed by atoms with Crippen LogP contribution >= 0.6 is 0 Å². The van der Waals surface area contributed by atoms with Gasteiger partial charge in [0.1, 0.15) is 30.5 Å². The van der Waals surface area contributed by atoms with Gasteiger partial charge in [-0.25, -0.2) is 0 Å². The fourth-order valence-electron chi connectivity index (χ4n) is 15.5. The van der Waals surface area contributed by atoms with Crippen molar-refractivity contribution in [2.24, 2.45) is 50.7 Å². The molecule has 3 aliphatic heterocycles. The van der Waals surface area contributed by atoms with Gasteiger partial charge in [-0.2, -0.15) is 0 Å². The molecule has 0 radical (unpaired) electrons. The zero-order valence-electron chi connectivity index (χ0n) is 37.3. The van der Waals surface area contributed by atoms with Crippen LogP contribution in [0.2, 0.25) is 0 Å². The van der Waals surface area contributed by atoms with Crippen molar-refractivity contribution in [3.05, 3.63) is 0 Å². The third-order valence-electron chi connectivity index (χ3n) is 18.4. The number of rotatable bonds is 9. The van der Waals surface area contributed by atoms with Gasteiger partial charge in [0.2, 0.25) is 0 Å². The Morgan fingerprint density at radius 3 is 2.07 bits per heavy atom. The molecular weight excluding hydrogens is 796 g/mol.